The van der Waals surface area contributed by atoms with Gasteiger partial charge in [0.2, 0.25) is 0 Å². The monoisotopic (exact) mass is 193 g/mol. The van der Waals surface area contributed by atoms with Crippen LogP contribution in [0.5, 0.6) is 0 Å². The number of rotatable bonds is 2. The smallest absolute Gasteiger partial charge is 0.186 e. The summed E-state index contributed by atoms with van der Waals surface area (Å²) >= 11 is 0. The van der Waals surface area contributed by atoms with Crippen LogP contribution in [0.25, 0.3) is 0 Å². The highest BCUT2D eigenvalue weighted by molar-refractivity contribution is 5.96. The predicted molar refractivity (Wildman–Crippen MR) is 53.9 cm³/mol. The molecule has 0 spiro atoms. The minimum Gasteiger partial charge on any atom is -0.384 e. The number of nitrogens with zero attached hydrogens (tertiary/aromatic N) is 2. The van der Waals surface area contributed by atoms with E-state index in [2.05, 4.69) is 5.10 Å². The van der Waals surface area contributed by atoms with Gasteiger partial charge in [-0.05, 0) is 12.8 Å². The fraction of sp³-hybridized carbons (Fsp3) is 0.600. The van der Waals surface area contributed by atoms with E-state index in [1.54, 1.807) is 17.8 Å². The molecule has 1 fully saturated rings. The summed E-state index contributed by atoms with van der Waals surface area (Å²) in [6.45, 7) is 0. The van der Waals surface area contributed by atoms with Gasteiger partial charge >= 0.3 is 0 Å². The molecule has 1 heterocycles. The van der Waals surface area contributed by atoms with E-state index in [-0.39, 0.29) is 11.7 Å². The SMILES string of the molecule is Cn1nc(C(=O)C2CCCC2)cc1N. The van der Waals surface area contributed by atoms with Crippen LogP contribution >= 0.6 is 0 Å². The van der Waals surface area contributed by atoms with E-state index < -0.39 is 0 Å². The molecule has 0 atom stereocenters. The Morgan fingerprint density at radius 3 is 2.71 bits per heavy atom. The maximum Gasteiger partial charge on any atom is 0.186 e. The largest absolute Gasteiger partial charge is 0.384 e. The number of carbonyl (C=O) groups is 1. The highest BCUT2D eigenvalue weighted by Crippen LogP contribution is 2.27. The van der Waals surface area contributed by atoms with Crippen molar-refractivity contribution in [2.24, 2.45) is 13.0 Å². The number of nitrogens with two attached hydrogens (primary N) is 1. The summed E-state index contributed by atoms with van der Waals surface area (Å²) in [5.41, 5.74) is 6.15. The van der Waals surface area contributed by atoms with Crippen LogP contribution in [0.1, 0.15) is 36.2 Å². The third-order valence-electron chi connectivity index (χ3n) is 2.89. The fourth-order valence-corrected chi connectivity index (χ4v) is 2.00. The predicted octanol–water partition coefficient (Wildman–Crippen LogP) is 1.38. The zero-order valence-corrected chi connectivity index (χ0v) is 8.36. The van der Waals surface area contributed by atoms with Gasteiger partial charge in [-0.25, -0.2) is 0 Å². The summed E-state index contributed by atoms with van der Waals surface area (Å²) in [5, 5.41) is 4.10. The van der Waals surface area contributed by atoms with Crippen molar-refractivity contribution < 1.29 is 4.79 Å². The molecule has 4 heteroatoms. The Hall–Kier alpha value is -1.32. The minimum absolute atomic E-state index is 0.162. The van der Waals surface area contributed by atoms with Crippen molar-refractivity contribution in [3.63, 3.8) is 0 Å². The number of Topliss-reactive ketones (excluding diaryl/α,β-unsaturated/α-hetero) is 1. The molecule has 0 unspecified atom stereocenters. The number of anilines is 1. The Morgan fingerprint density at radius 1 is 1.57 bits per heavy atom. The van der Waals surface area contributed by atoms with Crippen LogP contribution < -0.4 is 5.73 Å². The van der Waals surface area contributed by atoms with Gasteiger partial charge in [0.1, 0.15) is 11.5 Å². The summed E-state index contributed by atoms with van der Waals surface area (Å²) in [5.74, 6) is 0.894. The van der Waals surface area contributed by atoms with E-state index >= 15 is 0 Å². The van der Waals surface area contributed by atoms with Crippen LogP contribution in [-0.4, -0.2) is 15.6 Å². The van der Waals surface area contributed by atoms with E-state index in [1.807, 2.05) is 0 Å². The van der Waals surface area contributed by atoms with Crippen molar-refractivity contribution >= 4 is 11.6 Å². The highest BCUT2D eigenvalue weighted by Gasteiger charge is 2.25. The Labute approximate surface area is 83.1 Å². The molecule has 4 nitrogen and oxygen atoms in total. The Kier molecular flexibility index (Phi) is 2.27. The molecule has 1 aliphatic rings. The Morgan fingerprint density at radius 2 is 2.21 bits per heavy atom. The van der Waals surface area contributed by atoms with Crippen LogP contribution in [-0.2, 0) is 7.05 Å². The third-order valence-corrected chi connectivity index (χ3v) is 2.89. The van der Waals surface area contributed by atoms with Crippen molar-refractivity contribution in [3.8, 4) is 0 Å². The second kappa shape index (κ2) is 3.44. The standard InChI is InChI=1S/C10H15N3O/c1-13-9(11)6-8(12-13)10(14)7-4-2-3-5-7/h6-7H,2-5,11H2,1H3. The first kappa shape index (κ1) is 9.24. The first-order valence-corrected chi connectivity index (χ1v) is 5.02. The van der Waals surface area contributed by atoms with Gasteiger partial charge in [0.05, 0.1) is 0 Å². The quantitative estimate of drug-likeness (QED) is 0.722. The maximum atomic E-state index is 11.9. The van der Waals surface area contributed by atoms with Gasteiger partial charge in [0.25, 0.3) is 0 Å². The summed E-state index contributed by atoms with van der Waals surface area (Å²) < 4.78 is 1.54. The number of aryl methyl sites for hydroxylation is 1. The molecule has 0 radical (unpaired) electrons. The van der Waals surface area contributed by atoms with Gasteiger partial charge in [-0.3, -0.25) is 9.48 Å². The van der Waals surface area contributed by atoms with Gasteiger partial charge in [-0.2, -0.15) is 5.10 Å². The summed E-state index contributed by atoms with van der Waals surface area (Å²) in [7, 11) is 1.75. The molecule has 2 N–H and O–H groups in total. The average molecular weight is 193 g/mol. The van der Waals surface area contributed by atoms with E-state index in [9.17, 15) is 4.79 Å². The topological polar surface area (TPSA) is 60.9 Å². The highest BCUT2D eigenvalue weighted by atomic mass is 16.1. The van der Waals surface area contributed by atoms with Gasteiger partial charge < -0.3 is 5.73 Å². The second-order valence-electron chi connectivity index (χ2n) is 3.92. The number of carbonyl (C=O) groups excluding carboxylic acids is 1. The molecule has 1 saturated carbocycles. The zero-order valence-electron chi connectivity index (χ0n) is 8.36. The number of nitrogen functional groups attached to an aromatic ring is 1. The van der Waals surface area contributed by atoms with Crippen molar-refractivity contribution in [2.45, 2.75) is 25.7 Å². The third kappa shape index (κ3) is 1.52. The molecular weight excluding hydrogens is 178 g/mol. The number of hydrogen-bond acceptors (Lipinski definition) is 3. The molecule has 76 valence electrons. The lowest BCUT2D eigenvalue weighted by molar-refractivity contribution is 0.0917. The normalized spacial score (nSPS) is 17.5. The van der Waals surface area contributed by atoms with Crippen LogP contribution in [0.2, 0.25) is 0 Å². The van der Waals surface area contributed by atoms with Crippen molar-refractivity contribution in [3.05, 3.63) is 11.8 Å². The molecule has 1 aliphatic carbocycles. The molecule has 1 aromatic rings. The number of ketones is 1. The van der Waals surface area contributed by atoms with E-state index in [0.717, 1.165) is 12.8 Å². The minimum atomic E-state index is 0.162. The summed E-state index contributed by atoms with van der Waals surface area (Å²) in [4.78, 5) is 11.9. The van der Waals surface area contributed by atoms with Crippen molar-refractivity contribution in [1.29, 1.82) is 0 Å². The van der Waals surface area contributed by atoms with Crippen LogP contribution in [0.15, 0.2) is 6.07 Å². The second-order valence-corrected chi connectivity index (χ2v) is 3.92. The number of aromatic nitrogens is 2. The lowest BCUT2D eigenvalue weighted by Crippen LogP contribution is -2.11. The molecule has 1 aromatic heterocycles. The molecule has 0 amide bonds. The molecule has 0 aromatic carbocycles. The number of hydrogen-bond donors (Lipinski definition) is 1. The zero-order chi connectivity index (χ0) is 10.1. The van der Waals surface area contributed by atoms with Crippen molar-refractivity contribution in [2.75, 3.05) is 5.73 Å². The molecular formula is C10H15N3O. The molecule has 14 heavy (non-hydrogen) atoms. The molecule has 0 bridgehead atoms. The lowest BCUT2D eigenvalue weighted by Gasteiger charge is -2.03. The fourth-order valence-electron chi connectivity index (χ4n) is 2.00. The molecule has 0 aliphatic heterocycles. The van der Waals surface area contributed by atoms with E-state index in [1.165, 1.54) is 12.8 Å². The lowest BCUT2D eigenvalue weighted by atomic mass is 10.0. The van der Waals surface area contributed by atoms with Gasteiger partial charge in [-0.1, -0.05) is 12.8 Å². The van der Waals surface area contributed by atoms with Crippen LogP contribution in [0.3, 0.4) is 0 Å². The maximum absolute atomic E-state index is 11.9. The first-order valence-electron chi connectivity index (χ1n) is 5.02. The summed E-state index contributed by atoms with van der Waals surface area (Å²) in [6, 6.07) is 1.67. The average Bonchev–Trinajstić information content (AvgIpc) is 2.76. The van der Waals surface area contributed by atoms with Crippen molar-refractivity contribution in [1.82, 2.24) is 9.78 Å². The van der Waals surface area contributed by atoms with Gasteiger partial charge in [-0.15, -0.1) is 0 Å². The summed E-state index contributed by atoms with van der Waals surface area (Å²) in [6.07, 6.45) is 4.35. The molecule has 2 rings (SSSR count). The molecule has 0 saturated heterocycles. The Balaban J connectivity index is 2.18. The van der Waals surface area contributed by atoms with Crippen LogP contribution in [0.4, 0.5) is 5.82 Å². The Bertz CT molecular complexity index is 331. The van der Waals surface area contributed by atoms with E-state index in [0.29, 0.717) is 11.5 Å². The van der Waals surface area contributed by atoms with Crippen LogP contribution in [0, 0.1) is 5.92 Å². The van der Waals surface area contributed by atoms with E-state index in [4.69, 9.17) is 5.73 Å². The van der Waals surface area contributed by atoms with Gasteiger partial charge in [0, 0.05) is 19.0 Å². The first-order chi connectivity index (χ1) is 6.68. The van der Waals surface area contributed by atoms with Gasteiger partial charge in [0.15, 0.2) is 5.78 Å².